The molecule has 1 aliphatic rings. The molecule has 1 aromatic carbocycles. The van der Waals surface area contributed by atoms with Gasteiger partial charge in [0, 0.05) is 40.5 Å². The van der Waals surface area contributed by atoms with Gasteiger partial charge in [-0.15, -0.1) is 0 Å². The second kappa shape index (κ2) is 16.4. The van der Waals surface area contributed by atoms with Crippen molar-refractivity contribution in [2.24, 2.45) is 0 Å². The Morgan fingerprint density at radius 3 is 2.07 bits per heavy atom. The van der Waals surface area contributed by atoms with E-state index in [1.54, 1.807) is 6.20 Å². The lowest BCUT2D eigenvalue weighted by molar-refractivity contribution is -0.308. The number of rotatable bonds is 14. The minimum atomic E-state index is -1.26. The first-order chi connectivity index (χ1) is 20.1. The molecule has 0 radical (unpaired) electrons. The van der Waals surface area contributed by atoms with Crippen LogP contribution in [0, 0.1) is 0 Å². The molecule has 1 saturated heterocycles. The lowest BCUT2D eigenvalue weighted by atomic mass is 9.98. The second-order valence-electron chi connectivity index (χ2n) is 9.65. The normalized spacial score (nSPS) is 21.6. The van der Waals surface area contributed by atoms with Crippen LogP contribution in [0.1, 0.15) is 51.8 Å². The summed E-state index contributed by atoms with van der Waals surface area (Å²) in [7, 11) is 0. The third-order valence-corrected chi connectivity index (χ3v) is 6.13. The average molecular weight is 588 g/mol. The smallest absolute Gasteiger partial charge is 0.303 e. The van der Waals surface area contributed by atoms with E-state index in [4.69, 9.17) is 33.2 Å². The molecule has 3 rings (SSSR count). The van der Waals surface area contributed by atoms with Crippen LogP contribution in [0.15, 0.2) is 48.7 Å². The first kappa shape index (κ1) is 32.5. The first-order valence-corrected chi connectivity index (χ1v) is 13.7. The number of aromatic nitrogens is 1. The number of carbonyl (C=O) groups is 4. The Morgan fingerprint density at radius 2 is 1.45 bits per heavy atom. The van der Waals surface area contributed by atoms with Gasteiger partial charge in [-0.25, -0.2) is 0 Å². The van der Waals surface area contributed by atoms with Gasteiger partial charge in [0.25, 0.3) is 0 Å². The predicted molar refractivity (Wildman–Crippen MR) is 146 cm³/mol. The van der Waals surface area contributed by atoms with Gasteiger partial charge in [0.1, 0.15) is 25.1 Å². The Hall–Kier alpha value is -4.03. The summed E-state index contributed by atoms with van der Waals surface area (Å²) in [6.07, 6.45) is -2.02. The highest BCUT2D eigenvalue weighted by Crippen LogP contribution is 2.30. The van der Waals surface area contributed by atoms with E-state index in [2.05, 4.69) is 4.98 Å². The number of pyridine rings is 1. The summed E-state index contributed by atoms with van der Waals surface area (Å²) < 4.78 is 38.9. The number of nitrogens with zero attached hydrogens (tertiary/aromatic N) is 1. The molecule has 0 N–H and O–H groups in total. The summed E-state index contributed by atoms with van der Waals surface area (Å²) >= 11 is 0. The molecule has 1 fully saturated rings. The molecule has 1 aliphatic heterocycles. The van der Waals surface area contributed by atoms with Gasteiger partial charge < -0.3 is 33.2 Å². The monoisotopic (exact) mass is 587 g/mol. The highest BCUT2D eigenvalue weighted by Gasteiger charge is 2.52. The summed E-state index contributed by atoms with van der Waals surface area (Å²) in [5.74, 6) is -1.91. The van der Waals surface area contributed by atoms with Gasteiger partial charge >= 0.3 is 23.9 Å². The van der Waals surface area contributed by atoms with E-state index >= 15 is 0 Å². The van der Waals surface area contributed by atoms with E-state index in [9.17, 15) is 19.2 Å². The fourth-order valence-electron chi connectivity index (χ4n) is 4.35. The molecule has 12 nitrogen and oxygen atoms in total. The van der Waals surface area contributed by atoms with Crippen LogP contribution in [0.5, 0.6) is 5.75 Å². The molecular formula is C30H37NO11. The molecule has 1 aromatic heterocycles. The van der Waals surface area contributed by atoms with Crippen LogP contribution in [0.4, 0.5) is 0 Å². The van der Waals surface area contributed by atoms with E-state index < -0.39 is 54.6 Å². The number of esters is 4. The second-order valence-corrected chi connectivity index (χ2v) is 9.65. The van der Waals surface area contributed by atoms with Crippen molar-refractivity contribution in [2.75, 3.05) is 13.2 Å². The van der Waals surface area contributed by atoms with Gasteiger partial charge in [0.05, 0.1) is 5.69 Å². The number of benzene rings is 1. The predicted octanol–water partition coefficient (Wildman–Crippen LogP) is 3.08. The molecule has 12 heteroatoms. The lowest BCUT2D eigenvalue weighted by Crippen LogP contribution is -2.63. The molecule has 42 heavy (non-hydrogen) atoms. The Morgan fingerprint density at radius 1 is 0.786 bits per heavy atom. The van der Waals surface area contributed by atoms with Gasteiger partial charge in [0.2, 0.25) is 0 Å². The van der Waals surface area contributed by atoms with E-state index in [0.717, 1.165) is 29.8 Å². The summed E-state index contributed by atoms with van der Waals surface area (Å²) in [5.41, 5.74) is 1.96. The molecule has 5 atom stereocenters. The molecule has 0 saturated carbocycles. The van der Waals surface area contributed by atoms with Gasteiger partial charge in [-0.1, -0.05) is 18.2 Å². The van der Waals surface area contributed by atoms with E-state index in [0.29, 0.717) is 13.0 Å². The van der Waals surface area contributed by atoms with Crippen LogP contribution in [-0.2, 0) is 60.6 Å². The molecule has 0 aliphatic carbocycles. The number of unbranched alkanes of at least 4 members (excludes halogenated alkanes) is 1. The van der Waals surface area contributed by atoms with E-state index in [1.165, 1.54) is 27.7 Å². The quantitative estimate of drug-likeness (QED) is 0.182. The van der Waals surface area contributed by atoms with Crippen LogP contribution < -0.4 is 4.74 Å². The molecule has 0 spiro atoms. The van der Waals surface area contributed by atoms with Crippen molar-refractivity contribution < 1.29 is 52.3 Å². The maximum absolute atomic E-state index is 11.9. The minimum Gasteiger partial charge on any atom is -0.487 e. The van der Waals surface area contributed by atoms with Crippen molar-refractivity contribution >= 4 is 23.9 Å². The number of aryl methyl sites for hydroxylation is 1. The fraction of sp³-hybridized carbons (Fsp3) is 0.500. The number of hydrogen-bond donors (Lipinski definition) is 0. The maximum Gasteiger partial charge on any atom is 0.303 e. The van der Waals surface area contributed by atoms with Gasteiger partial charge in [-0.05, 0) is 49.1 Å². The van der Waals surface area contributed by atoms with Crippen LogP contribution in [-0.4, -0.2) is 72.8 Å². The SMILES string of the molecule is CC(=O)OCC1OC(OCCCCc2ccc(OCc3ccccn3)cc2)C(OC(C)=O)C(OC(C)=O)C1OC(C)=O. The fourth-order valence-corrected chi connectivity index (χ4v) is 4.35. The Bertz CT molecular complexity index is 1170. The molecule has 2 aromatic rings. The van der Waals surface area contributed by atoms with Gasteiger partial charge in [-0.3, -0.25) is 24.2 Å². The summed E-state index contributed by atoms with van der Waals surface area (Å²) in [5, 5.41) is 0. The third kappa shape index (κ3) is 10.7. The molecule has 228 valence electrons. The summed E-state index contributed by atoms with van der Waals surface area (Å²) in [6, 6.07) is 13.5. The van der Waals surface area contributed by atoms with Crippen molar-refractivity contribution in [3.63, 3.8) is 0 Å². The number of carbonyl (C=O) groups excluding carboxylic acids is 4. The van der Waals surface area contributed by atoms with Crippen molar-refractivity contribution in [2.45, 2.75) is 84.3 Å². The number of hydrogen-bond acceptors (Lipinski definition) is 12. The largest absolute Gasteiger partial charge is 0.487 e. The van der Waals surface area contributed by atoms with E-state index in [1.807, 2.05) is 42.5 Å². The van der Waals surface area contributed by atoms with Crippen molar-refractivity contribution in [3.05, 3.63) is 59.9 Å². The third-order valence-electron chi connectivity index (χ3n) is 6.13. The van der Waals surface area contributed by atoms with Crippen molar-refractivity contribution in [1.29, 1.82) is 0 Å². The Kier molecular flexibility index (Phi) is 12.7. The molecule has 0 amide bonds. The zero-order valence-electron chi connectivity index (χ0n) is 24.2. The summed E-state index contributed by atoms with van der Waals surface area (Å²) in [4.78, 5) is 51.4. The average Bonchev–Trinajstić information content (AvgIpc) is 2.94. The Balaban J connectivity index is 1.58. The summed E-state index contributed by atoms with van der Waals surface area (Å²) in [6.45, 7) is 5.03. The standard InChI is InChI=1S/C30H37NO11/c1-19(32)37-18-26-27(39-20(2)33)28(40-21(3)34)29(41-22(4)35)30(42-26)36-16-8-6-9-23-11-13-25(14-12-23)38-17-24-10-5-7-15-31-24/h5,7,10-15,26-30H,6,8-9,16-18H2,1-4H3. The van der Waals surface area contributed by atoms with Gasteiger partial charge in [-0.2, -0.15) is 0 Å². The minimum absolute atomic E-state index is 0.221. The van der Waals surface area contributed by atoms with Crippen LogP contribution in [0.25, 0.3) is 0 Å². The van der Waals surface area contributed by atoms with Crippen LogP contribution >= 0.6 is 0 Å². The van der Waals surface area contributed by atoms with Crippen LogP contribution in [0.3, 0.4) is 0 Å². The molecular weight excluding hydrogens is 550 g/mol. The zero-order chi connectivity index (χ0) is 30.5. The topological polar surface area (TPSA) is 146 Å². The highest BCUT2D eigenvalue weighted by atomic mass is 16.7. The van der Waals surface area contributed by atoms with Crippen molar-refractivity contribution in [3.8, 4) is 5.75 Å². The first-order valence-electron chi connectivity index (χ1n) is 13.7. The number of ether oxygens (including phenoxy) is 7. The van der Waals surface area contributed by atoms with E-state index in [-0.39, 0.29) is 13.2 Å². The van der Waals surface area contributed by atoms with Gasteiger partial charge in [0.15, 0.2) is 24.6 Å². The maximum atomic E-state index is 11.9. The molecule has 2 heterocycles. The van der Waals surface area contributed by atoms with Crippen LogP contribution in [0.2, 0.25) is 0 Å². The lowest BCUT2D eigenvalue weighted by Gasteiger charge is -2.44. The van der Waals surface area contributed by atoms with Crippen molar-refractivity contribution in [1.82, 2.24) is 4.98 Å². The molecule has 0 bridgehead atoms. The highest BCUT2D eigenvalue weighted by molar-refractivity contribution is 5.68. The zero-order valence-corrected chi connectivity index (χ0v) is 24.2. The molecule has 5 unspecified atom stereocenters. The Labute approximate surface area is 244 Å².